The predicted molar refractivity (Wildman–Crippen MR) is 286 cm³/mol. The van der Waals surface area contributed by atoms with Gasteiger partial charge in [0.15, 0.2) is 11.6 Å². The van der Waals surface area contributed by atoms with Crippen LogP contribution in [0.25, 0.3) is 95.2 Å². The number of anilines is 3. The van der Waals surface area contributed by atoms with Crippen molar-refractivity contribution in [3.05, 3.63) is 248 Å². The van der Waals surface area contributed by atoms with Gasteiger partial charge in [-0.3, -0.25) is 9.47 Å². The zero-order chi connectivity index (χ0) is 46.8. The molecule has 13 rings (SSSR count). The molecule has 332 valence electrons. The maximum absolute atomic E-state index is 6.99. The Morgan fingerprint density at radius 2 is 0.871 bits per heavy atom. The van der Waals surface area contributed by atoms with Crippen LogP contribution in [0, 0.1) is 0 Å². The molecule has 0 saturated carbocycles. The lowest BCUT2D eigenvalue weighted by Gasteiger charge is -2.23. The molecule has 3 heterocycles. The Morgan fingerprint density at radius 1 is 0.386 bits per heavy atom. The molecule has 6 heteroatoms. The van der Waals surface area contributed by atoms with E-state index in [4.69, 9.17) is 19.4 Å². The molecule has 0 aliphatic heterocycles. The van der Waals surface area contributed by atoms with Gasteiger partial charge < -0.3 is 4.42 Å². The lowest BCUT2D eigenvalue weighted by atomic mass is 9.82. The van der Waals surface area contributed by atoms with E-state index in [2.05, 4.69) is 211 Å². The van der Waals surface area contributed by atoms with E-state index in [0.717, 1.165) is 66.8 Å². The van der Waals surface area contributed by atoms with Crippen molar-refractivity contribution < 1.29 is 4.42 Å². The number of benzene rings is 9. The number of hydrogen-bond donors (Lipinski definition) is 0. The molecule has 0 N–H and O–H groups in total. The first-order valence-corrected chi connectivity index (χ1v) is 23.8. The van der Waals surface area contributed by atoms with E-state index in [0.29, 0.717) is 23.5 Å². The lowest BCUT2D eigenvalue weighted by Crippen LogP contribution is -2.15. The van der Waals surface area contributed by atoms with Crippen molar-refractivity contribution in [1.82, 2.24) is 19.5 Å². The Kier molecular flexibility index (Phi) is 9.73. The third kappa shape index (κ3) is 7.00. The van der Waals surface area contributed by atoms with Crippen molar-refractivity contribution in [3.63, 3.8) is 0 Å². The third-order valence-electron chi connectivity index (χ3n) is 13.9. The van der Waals surface area contributed by atoms with E-state index in [1.807, 2.05) is 48.5 Å². The minimum atomic E-state index is -0.212. The summed E-state index contributed by atoms with van der Waals surface area (Å²) in [5, 5.41) is 2.18. The van der Waals surface area contributed by atoms with Crippen LogP contribution in [0.2, 0.25) is 0 Å². The fourth-order valence-corrected chi connectivity index (χ4v) is 10.4. The first-order chi connectivity index (χ1) is 34.4. The Balaban J connectivity index is 0.977. The highest BCUT2D eigenvalue weighted by molar-refractivity contribution is 6.12. The second-order valence-electron chi connectivity index (χ2n) is 18.5. The van der Waals surface area contributed by atoms with Gasteiger partial charge in [0.05, 0.1) is 11.0 Å². The van der Waals surface area contributed by atoms with Crippen LogP contribution in [-0.4, -0.2) is 19.5 Å². The summed E-state index contributed by atoms with van der Waals surface area (Å²) >= 11 is 0. The van der Waals surface area contributed by atoms with E-state index in [9.17, 15) is 0 Å². The molecule has 1 aliphatic carbocycles. The van der Waals surface area contributed by atoms with Gasteiger partial charge in [0, 0.05) is 50.3 Å². The average Bonchev–Trinajstić information content (AvgIpc) is 4.10. The minimum Gasteiger partial charge on any atom is -0.440 e. The highest BCUT2D eigenvalue weighted by Gasteiger charge is 2.36. The molecular formula is C64H45N5O. The van der Waals surface area contributed by atoms with Crippen LogP contribution in [0.15, 0.2) is 241 Å². The molecule has 0 saturated heterocycles. The van der Waals surface area contributed by atoms with E-state index in [1.54, 1.807) is 0 Å². The number of hydrogen-bond acceptors (Lipinski definition) is 5. The van der Waals surface area contributed by atoms with Crippen LogP contribution in [0.3, 0.4) is 0 Å². The Labute approximate surface area is 406 Å². The van der Waals surface area contributed by atoms with Crippen molar-refractivity contribution in [2.45, 2.75) is 19.3 Å². The molecule has 0 radical (unpaired) electrons. The zero-order valence-electron chi connectivity index (χ0n) is 38.7. The monoisotopic (exact) mass is 899 g/mol. The molecule has 9 aromatic carbocycles. The number of nitrogens with zero attached hydrogens (tertiary/aromatic N) is 5. The SMILES string of the molecule is CC1(C)c2ccccc2-c2cc3c4cc(-c5ccc(N(c6ccc(-c7ccccc7)cc6)c6ccc(-c7ccccc7)cc6)o5)ccc4n(-c4nc(-c5ccccc5)nc(-c5ccccc5)n4)c3cc21. The summed E-state index contributed by atoms with van der Waals surface area (Å²) in [7, 11) is 0. The molecule has 70 heavy (non-hydrogen) atoms. The van der Waals surface area contributed by atoms with Crippen molar-refractivity contribution in [1.29, 1.82) is 0 Å². The van der Waals surface area contributed by atoms with Crippen molar-refractivity contribution in [3.8, 4) is 73.4 Å². The molecule has 3 aromatic heterocycles. The molecule has 12 aromatic rings. The van der Waals surface area contributed by atoms with Gasteiger partial charge in [0.1, 0.15) is 5.76 Å². The normalized spacial score (nSPS) is 12.5. The molecule has 0 unspecified atom stereocenters. The largest absolute Gasteiger partial charge is 0.440 e. The molecule has 0 amide bonds. The molecule has 6 nitrogen and oxygen atoms in total. The maximum Gasteiger partial charge on any atom is 0.238 e. The van der Waals surface area contributed by atoms with Gasteiger partial charge in [-0.25, -0.2) is 4.98 Å². The average molecular weight is 900 g/mol. The van der Waals surface area contributed by atoms with Crippen molar-refractivity contribution in [2.75, 3.05) is 4.90 Å². The molecular weight excluding hydrogens is 855 g/mol. The highest BCUT2D eigenvalue weighted by atomic mass is 16.4. The third-order valence-corrected chi connectivity index (χ3v) is 13.9. The summed E-state index contributed by atoms with van der Waals surface area (Å²) < 4.78 is 9.21. The number of aromatic nitrogens is 4. The fourth-order valence-electron chi connectivity index (χ4n) is 10.4. The molecule has 0 atom stereocenters. The Morgan fingerprint density at radius 3 is 1.44 bits per heavy atom. The van der Waals surface area contributed by atoms with Crippen LogP contribution in [0.5, 0.6) is 0 Å². The first kappa shape index (κ1) is 41.1. The summed E-state index contributed by atoms with van der Waals surface area (Å²) in [6, 6.07) is 83.0. The summed E-state index contributed by atoms with van der Waals surface area (Å²) in [6.45, 7) is 4.65. The Hall–Kier alpha value is -9.13. The van der Waals surface area contributed by atoms with Crippen LogP contribution < -0.4 is 4.90 Å². The topological polar surface area (TPSA) is 60.0 Å². The van der Waals surface area contributed by atoms with Crippen LogP contribution >= 0.6 is 0 Å². The van der Waals surface area contributed by atoms with Crippen LogP contribution in [0.1, 0.15) is 25.0 Å². The summed E-state index contributed by atoms with van der Waals surface area (Å²) in [5.74, 6) is 3.25. The van der Waals surface area contributed by atoms with Gasteiger partial charge in [-0.1, -0.05) is 184 Å². The van der Waals surface area contributed by atoms with Gasteiger partial charge in [0.2, 0.25) is 11.8 Å². The number of rotatable bonds is 9. The van der Waals surface area contributed by atoms with E-state index in [1.165, 1.54) is 33.4 Å². The van der Waals surface area contributed by atoms with E-state index in [-0.39, 0.29) is 5.41 Å². The minimum absolute atomic E-state index is 0.212. The molecule has 1 aliphatic rings. The molecule has 0 spiro atoms. The van der Waals surface area contributed by atoms with Gasteiger partial charge in [0.25, 0.3) is 0 Å². The fraction of sp³-hybridized carbons (Fsp3) is 0.0469. The number of fused-ring (bicyclic) bond motifs is 6. The predicted octanol–water partition coefficient (Wildman–Crippen LogP) is 16.7. The first-order valence-electron chi connectivity index (χ1n) is 23.8. The molecule has 0 bridgehead atoms. The summed E-state index contributed by atoms with van der Waals surface area (Å²) in [5.41, 5.74) is 16.4. The van der Waals surface area contributed by atoms with Crippen molar-refractivity contribution >= 4 is 39.1 Å². The quantitative estimate of drug-likeness (QED) is 0.144. The standard InChI is InChI=1S/C64H45N5O/c1-64(2)55-26-16-15-25-51(55)52-40-54-53-39-48(31-36-57(53)69(58(54)41-56(52)64)63-66-61(46-21-11-5-12-22-46)65-62(67-63)47-23-13-6-14-24-47)59-37-38-60(70-59)68(49-32-27-44(28-33-49)42-17-7-3-8-18-42)50-34-29-45(30-35-50)43-19-9-4-10-20-43/h3-41H,1-2H3. The Bertz CT molecular complexity index is 3740. The highest BCUT2D eigenvalue weighted by Crippen LogP contribution is 2.51. The lowest BCUT2D eigenvalue weighted by molar-refractivity contribution is 0.588. The van der Waals surface area contributed by atoms with Crippen molar-refractivity contribution in [2.24, 2.45) is 0 Å². The van der Waals surface area contributed by atoms with Gasteiger partial charge in [-0.05, 0) is 105 Å². The van der Waals surface area contributed by atoms with Gasteiger partial charge in [-0.2, -0.15) is 9.97 Å². The maximum atomic E-state index is 6.99. The van der Waals surface area contributed by atoms with E-state index >= 15 is 0 Å². The van der Waals surface area contributed by atoms with Gasteiger partial charge in [-0.15, -0.1) is 0 Å². The van der Waals surface area contributed by atoms with Gasteiger partial charge >= 0.3 is 0 Å². The van der Waals surface area contributed by atoms with Crippen LogP contribution in [-0.2, 0) is 5.41 Å². The summed E-state index contributed by atoms with van der Waals surface area (Å²) in [4.78, 5) is 17.8. The second kappa shape index (κ2) is 16.6. The number of furan rings is 1. The molecule has 0 fully saturated rings. The second-order valence-corrected chi connectivity index (χ2v) is 18.5. The smallest absolute Gasteiger partial charge is 0.238 e. The summed E-state index contributed by atoms with van der Waals surface area (Å²) in [6.07, 6.45) is 0. The van der Waals surface area contributed by atoms with E-state index < -0.39 is 0 Å². The van der Waals surface area contributed by atoms with Crippen LogP contribution in [0.4, 0.5) is 17.3 Å². The zero-order valence-corrected chi connectivity index (χ0v) is 38.7.